The van der Waals surface area contributed by atoms with Crippen LogP contribution in [-0.2, 0) is 0 Å². The molecule has 0 saturated heterocycles. The first-order valence-corrected chi connectivity index (χ1v) is 49.2. The minimum absolute atomic E-state index is 0.582. The summed E-state index contributed by atoms with van der Waals surface area (Å²) in [6.07, 6.45) is 0. The highest BCUT2D eigenvalue weighted by Gasteiger charge is 2.25. The van der Waals surface area contributed by atoms with E-state index in [9.17, 15) is 0 Å². The standard InChI is InChI=1S/C49H31N3O.2C43H27N3O/c1-3-12-32(13-4-1)37-18-9-19-38(30-37)48-50-47(36-26-24-35(25-27-36)41-21-10-17-33-16-7-8-20-40(33)41)51-49(52-48)39-28-29-43-45(31-39)53-44-23-11-22-42(46(43)44)34-14-5-2-6-15-34;1-3-12-28(13-4-1)31-18-9-19-32(26-31)41-44-42(46-43(45-41)36-22-10-17-29-16-7-8-20-34(29)36)33-24-25-37-39(27-33)47-38-23-11-21-35(40(37)38)30-14-5-2-6-15-30;1-3-11-28(12-4-1)32-17-9-18-33(25-32)41-44-42(34-22-21-29-13-7-8-16-31(29)26-34)46-43(45-41)35-23-24-37-39(27-35)47-38-20-10-19-36(40(37)38)30-14-5-2-6-15-30/h1-31H;2*1-27H. The Labute approximate surface area is 846 Å². The van der Waals surface area contributed by atoms with Crippen LogP contribution in [0.4, 0.5) is 0 Å². The fourth-order valence-corrected chi connectivity index (χ4v) is 20.2. The number of aromatic nitrogens is 9. The number of nitrogens with zero attached hydrogens (tertiary/aromatic N) is 9. The molecule has 0 aliphatic rings. The summed E-state index contributed by atoms with van der Waals surface area (Å²) in [5, 5.41) is 13.5. The second kappa shape index (κ2) is 38.2. The van der Waals surface area contributed by atoms with Crippen LogP contribution < -0.4 is 0 Å². The van der Waals surface area contributed by atoms with Gasteiger partial charge in [-0.3, -0.25) is 0 Å². The topological polar surface area (TPSA) is 155 Å². The van der Waals surface area contributed by atoms with Gasteiger partial charge in [-0.05, 0) is 189 Å². The largest absolute Gasteiger partial charge is 0.456 e. The first kappa shape index (κ1) is 87.3. The fourth-order valence-electron chi connectivity index (χ4n) is 20.2. The summed E-state index contributed by atoms with van der Waals surface area (Å²) >= 11 is 0. The van der Waals surface area contributed by atoms with Gasteiger partial charge in [-0.25, -0.2) is 44.9 Å². The molecule has 0 radical (unpaired) electrons. The number of rotatable bonds is 16. The predicted octanol–water partition coefficient (Wildman–Crippen LogP) is 35.4. The third kappa shape index (κ3) is 17.3. The molecule has 12 heteroatoms. The van der Waals surface area contributed by atoms with Crippen molar-refractivity contribution in [1.82, 2.24) is 44.9 Å². The van der Waals surface area contributed by atoms with Gasteiger partial charge in [-0.2, -0.15) is 0 Å². The molecule has 0 atom stereocenters. The Morgan fingerprint density at radius 2 is 0.340 bits per heavy atom. The molecule has 12 nitrogen and oxygen atoms in total. The van der Waals surface area contributed by atoms with Crippen LogP contribution >= 0.6 is 0 Å². The SMILES string of the molecule is c1ccc(-c2cccc(-c3nc(-c4ccc(-c5cccc6ccccc56)cc4)nc(-c4ccc5c(c4)oc4cccc(-c6ccccc6)c45)n3)c2)cc1.c1ccc(-c2cccc(-c3nc(-c4ccc5c(c4)oc4cccc(-c6ccccc6)c45)nc(-c4cccc5ccccc45)n3)c2)cc1.c1ccc(-c2cccc(-c3nc(-c4ccc5ccccc5c4)nc(-c4ccc5c(c4)oc4cccc(-c6ccccc6)c45)n3)c2)cc1. The van der Waals surface area contributed by atoms with Crippen molar-refractivity contribution in [3.8, 4) is 180 Å². The molecule has 147 heavy (non-hydrogen) atoms. The van der Waals surface area contributed by atoms with E-state index in [1.807, 2.05) is 78.9 Å². The van der Waals surface area contributed by atoms with Crippen LogP contribution in [-0.4, -0.2) is 44.9 Å². The van der Waals surface area contributed by atoms with Gasteiger partial charge in [0, 0.05) is 82.4 Å². The summed E-state index contributed by atoms with van der Waals surface area (Å²) < 4.78 is 19.4. The van der Waals surface area contributed by atoms with E-state index in [1.54, 1.807) is 0 Å². The van der Waals surface area contributed by atoms with E-state index in [2.05, 4.69) is 437 Å². The molecule has 28 aromatic rings. The van der Waals surface area contributed by atoms with E-state index < -0.39 is 0 Å². The molecule has 0 saturated carbocycles. The molecule has 28 rings (SSSR count). The Hall–Kier alpha value is -20.0. The molecule has 0 fully saturated rings. The molecule has 0 aliphatic carbocycles. The van der Waals surface area contributed by atoms with Crippen molar-refractivity contribution in [3.05, 3.63) is 516 Å². The Balaban J connectivity index is 0.000000112. The number of benzene rings is 22. The van der Waals surface area contributed by atoms with Gasteiger partial charge in [0.1, 0.15) is 33.5 Å². The second-order valence-electron chi connectivity index (χ2n) is 36.5. The van der Waals surface area contributed by atoms with E-state index in [0.29, 0.717) is 52.4 Å². The first-order valence-electron chi connectivity index (χ1n) is 49.2. The summed E-state index contributed by atoms with van der Waals surface area (Å²) in [7, 11) is 0. The molecule has 0 amide bonds. The molecule has 0 spiro atoms. The van der Waals surface area contributed by atoms with E-state index in [1.165, 1.54) is 21.7 Å². The number of fused-ring (bicyclic) bond motifs is 12. The zero-order chi connectivity index (χ0) is 97.5. The van der Waals surface area contributed by atoms with Gasteiger partial charge in [0.2, 0.25) is 0 Å². The normalized spacial score (nSPS) is 11.4. The van der Waals surface area contributed by atoms with Gasteiger partial charge in [0.05, 0.1) is 0 Å². The molecular weight excluding hydrogens is 1800 g/mol. The third-order valence-corrected chi connectivity index (χ3v) is 27.4. The zero-order valence-corrected chi connectivity index (χ0v) is 79.3. The van der Waals surface area contributed by atoms with Crippen molar-refractivity contribution in [2.75, 3.05) is 0 Å². The molecular formula is C135H85N9O3. The molecule has 6 heterocycles. The van der Waals surface area contributed by atoms with Crippen molar-refractivity contribution >= 4 is 98.1 Å². The first-order chi connectivity index (χ1) is 72.8. The van der Waals surface area contributed by atoms with Gasteiger partial charge >= 0.3 is 0 Å². The van der Waals surface area contributed by atoms with Gasteiger partial charge in [0.25, 0.3) is 0 Å². The van der Waals surface area contributed by atoms with E-state index in [4.69, 9.17) is 58.1 Å². The van der Waals surface area contributed by atoms with Crippen LogP contribution in [0.15, 0.2) is 529 Å². The molecule has 0 N–H and O–H groups in total. The summed E-state index contributed by atoms with van der Waals surface area (Å²) in [4.78, 5) is 45.7. The highest BCUT2D eigenvalue weighted by molar-refractivity contribution is 6.16. The Bertz CT molecular complexity index is 9850. The lowest BCUT2D eigenvalue weighted by Crippen LogP contribution is -2.00. The highest BCUT2D eigenvalue weighted by Crippen LogP contribution is 2.45. The molecule has 6 aromatic heterocycles. The monoisotopic (exact) mass is 1880 g/mol. The Morgan fingerprint density at radius 3 is 0.714 bits per heavy atom. The van der Waals surface area contributed by atoms with Gasteiger partial charge in [0.15, 0.2) is 52.4 Å². The van der Waals surface area contributed by atoms with Gasteiger partial charge in [-0.15, -0.1) is 0 Å². The summed E-state index contributed by atoms with van der Waals surface area (Å²) in [5.74, 6) is 5.47. The minimum Gasteiger partial charge on any atom is -0.456 e. The van der Waals surface area contributed by atoms with Gasteiger partial charge in [-0.1, -0.05) is 437 Å². The summed E-state index contributed by atoms with van der Waals surface area (Å²) in [6.45, 7) is 0. The fraction of sp³-hybridized carbons (Fsp3) is 0. The van der Waals surface area contributed by atoms with E-state index in [-0.39, 0.29) is 0 Å². The molecule has 0 bridgehead atoms. The second-order valence-corrected chi connectivity index (χ2v) is 36.5. The number of hydrogen-bond donors (Lipinski definition) is 0. The third-order valence-electron chi connectivity index (χ3n) is 27.4. The van der Waals surface area contributed by atoms with Crippen LogP contribution in [0, 0.1) is 0 Å². The predicted molar refractivity (Wildman–Crippen MR) is 601 cm³/mol. The quantitative estimate of drug-likeness (QED) is 0.0904. The van der Waals surface area contributed by atoms with Crippen molar-refractivity contribution in [2.45, 2.75) is 0 Å². The summed E-state index contributed by atoms with van der Waals surface area (Å²) in [5.41, 5.74) is 29.1. The number of hydrogen-bond acceptors (Lipinski definition) is 12. The van der Waals surface area contributed by atoms with Crippen molar-refractivity contribution in [1.29, 1.82) is 0 Å². The van der Waals surface area contributed by atoms with Crippen LogP contribution in [0.5, 0.6) is 0 Å². The lowest BCUT2D eigenvalue weighted by Gasteiger charge is -2.11. The van der Waals surface area contributed by atoms with E-state index >= 15 is 0 Å². The van der Waals surface area contributed by atoms with Crippen LogP contribution in [0.1, 0.15) is 0 Å². The highest BCUT2D eigenvalue weighted by atomic mass is 16.3. The smallest absolute Gasteiger partial charge is 0.164 e. The number of furan rings is 3. The van der Waals surface area contributed by atoms with E-state index in [0.717, 1.165) is 204 Å². The van der Waals surface area contributed by atoms with Crippen LogP contribution in [0.25, 0.3) is 279 Å². The maximum Gasteiger partial charge on any atom is 0.164 e. The molecule has 688 valence electrons. The van der Waals surface area contributed by atoms with Crippen LogP contribution in [0.3, 0.4) is 0 Å². The zero-order valence-electron chi connectivity index (χ0n) is 79.3. The van der Waals surface area contributed by atoms with Crippen molar-refractivity contribution < 1.29 is 13.3 Å². The maximum absolute atomic E-state index is 6.49. The van der Waals surface area contributed by atoms with Crippen LogP contribution in [0.2, 0.25) is 0 Å². The Kier molecular flexibility index (Phi) is 22.7. The van der Waals surface area contributed by atoms with Gasteiger partial charge < -0.3 is 13.3 Å². The summed E-state index contributed by atoms with van der Waals surface area (Å²) in [6, 6.07) is 178. The van der Waals surface area contributed by atoms with Crippen molar-refractivity contribution in [2.24, 2.45) is 0 Å². The minimum atomic E-state index is 0.582. The molecule has 22 aromatic carbocycles. The average molecular weight is 1880 g/mol. The Morgan fingerprint density at radius 1 is 0.109 bits per heavy atom. The average Bonchev–Trinajstić information content (AvgIpc) is 1.59. The molecule has 0 aliphatic heterocycles. The lowest BCUT2D eigenvalue weighted by atomic mass is 9.97. The van der Waals surface area contributed by atoms with Crippen molar-refractivity contribution in [3.63, 3.8) is 0 Å². The molecule has 0 unspecified atom stereocenters. The maximum atomic E-state index is 6.49. The lowest BCUT2D eigenvalue weighted by molar-refractivity contribution is 0.668.